The van der Waals surface area contributed by atoms with Crippen molar-refractivity contribution in [3.8, 4) is 11.4 Å². The van der Waals surface area contributed by atoms with E-state index in [9.17, 15) is 5.11 Å². The molecule has 0 atom stereocenters. The molecule has 0 unspecified atom stereocenters. The van der Waals surface area contributed by atoms with Crippen molar-refractivity contribution in [2.45, 2.75) is 26.5 Å². The lowest BCUT2D eigenvalue weighted by Crippen LogP contribution is -1.99. The van der Waals surface area contributed by atoms with E-state index in [1.165, 1.54) is 0 Å². The van der Waals surface area contributed by atoms with Crippen LogP contribution in [0.4, 0.5) is 0 Å². The Kier molecular flexibility index (Phi) is 3.52. The maximum Gasteiger partial charge on any atom is 0.141 e. The maximum atomic E-state index is 9.26. The molecule has 0 spiro atoms. The molecule has 1 aromatic heterocycles. The Hall–Kier alpha value is -2.13. The lowest BCUT2D eigenvalue weighted by Gasteiger charge is -2.07. The molecule has 1 heterocycles. The van der Waals surface area contributed by atoms with Gasteiger partial charge in [0.2, 0.25) is 0 Å². The smallest absolute Gasteiger partial charge is 0.141 e. The van der Waals surface area contributed by atoms with E-state index in [2.05, 4.69) is 29.7 Å². The fourth-order valence-corrected chi connectivity index (χ4v) is 2.53. The van der Waals surface area contributed by atoms with Gasteiger partial charge in [0.05, 0.1) is 17.6 Å². The van der Waals surface area contributed by atoms with E-state index in [0.717, 1.165) is 41.0 Å². The van der Waals surface area contributed by atoms with E-state index in [-0.39, 0.29) is 6.61 Å². The highest BCUT2D eigenvalue weighted by Gasteiger charge is 2.12. The zero-order chi connectivity index (χ0) is 13.9. The molecule has 3 aromatic rings. The summed E-state index contributed by atoms with van der Waals surface area (Å²) >= 11 is 0. The molecule has 20 heavy (non-hydrogen) atoms. The fourth-order valence-electron chi connectivity index (χ4n) is 2.53. The van der Waals surface area contributed by atoms with Crippen molar-refractivity contribution >= 4 is 11.0 Å². The van der Waals surface area contributed by atoms with Crippen LogP contribution in [-0.4, -0.2) is 14.7 Å². The first kappa shape index (κ1) is 12.9. The van der Waals surface area contributed by atoms with E-state index < -0.39 is 0 Å². The van der Waals surface area contributed by atoms with Gasteiger partial charge in [0.1, 0.15) is 5.82 Å². The zero-order valence-corrected chi connectivity index (χ0v) is 11.6. The highest BCUT2D eigenvalue weighted by Crippen LogP contribution is 2.25. The number of hydrogen-bond acceptors (Lipinski definition) is 2. The highest BCUT2D eigenvalue weighted by molar-refractivity contribution is 5.81. The molecule has 0 fully saturated rings. The predicted octanol–water partition coefficient (Wildman–Crippen LogP) is 3.61. The molecule has 102 valence electrons. The molecule has 3 rings (SSSR count). The summed E-state index contributed by atoms with van der Waals surface area (Å²) in [5.74, 6) is 0.998. The van der Waals surface area contributed by atoms with Gasteiger partial charge in [-0.15, -0.1) is 0 Å². The van der Waals surface area contributed by atoms with Crippen molar-refractivity contribution in [3.05, 3.63) is 54.1 Å². The molecule has 3 nitrogen and oxygen atoms in total. The quantitative estimate of drug-likeness (QED) is 0.783. The monoisotopic (exact) mass is 266 g/mol. The van der Waals surface area contributed by atoms with Crippen LogP contribution in [0.1, 0.15) is 18.9 Å². The van der Waals surface area contributed by atoms with Crippen molar-refractivity contribution < 1.29 is 5.11 Å². The number of benzene rings is 2. The Bertz CT molecular complexity index is 716. The first-order chi connectivity index (χ1) is 9.83. The summed E-state index contributed by atoms with van der Waals surface area (Å²) < 4.78 is 2.26. The van der Waals surface area contributed by atoms with Gasteiger partial charge in [0.15, 0.2) is 0 Å². The minimum atomic E-state index is 0.0528. The SMILES string of the molecule is CCCn1c(-c2ccccc2)nc2cc(CO)ccc21. The van der Waals surface area contributed by atoms with Gasteiger partial charge in [-0.05, 0) is 24.1 Å². The average molecular weight is 266 g/mol. The summed E-state index contributed by atoms with van der Waals surface area (Å²) in [4.78, 5) is 4.76. The van der Waals surface area contributed by atoms with Gasteiger partial charge >= 0.3 is 0 Å². The molecule has 0 saturated heterocycles. The normalized spacial score (nSPS) is 11.1. The highest BCUT2D eigenvalue weighted by atomic mass is 16.3. The van der Waals surface area contributed by atoms with Crippen molar-refractivity contribution in [1.82, 2.24) is 9.55 Å². The number of rotatable bonds is 4. The largest absolute Gasteiger partial charge is 0.392 e. The van der Waals surface area contributed by atoms with E-state index in [4.69, 9.17) is 4.98 Å². The van der Waals surface area contributed by atoms with E-state index in [0.29, 0.717) is 0 Å². The second kappa shape index (κ2) is 5.47. The molecule has 2 aromatic carbocycles. The molecule has 0 radical (unpaired) electrons. The van der Waals surface area contributed by atoms with Crippen molar-refractivity contribution in [2.24, 2.45) is 0 Å². The molecule has 0 amide bonds. The van der Waals surface area contributed by atoms with Gasteiger partial charge in [-0.3, -0.25) is 0 Å². The average Bonchev–Trinajstić information content (AvgIpc) is 2.86. The Morgan fingerprint density at radius 3 is 2.60 bits per heavy atom. The molecule has 0 aliphatic heterocycles. The van der Waals surface area contributed by atoms with Gasteiger partial charge in [-0.1, -0.05) is 43.3 Å². The Morgan fingerprint density at radius 1 is 1.10 bits per heavy atom. The van der Waals surface area contributed by atoms with Gasteiger partial charge in [-0.25, -0.2) is 4.98 Å². The first-order valence-corrected chi connectivity index (χ1v) is 6.99. The summed E-state index contributed by atoms with van der Waals surface area (Å²) in [5, 5.41) is 9.26. The molecule has 0 aliphatic rings. The summed E-state index contributed by atoms with van der Waals surface area (Å²) in [7, 11) is 0. The lowest BCUT2D eigenvalue weighted by molar-refractivity contribution is 0.282. The summed E-state index contributed by atoms with van der Waals surface area (Å²) in [6.07, 6.45) is 1.06. The molecule has 0 bridgehead atoms. The molecule has 0 saturated carbocycles. The number of imidazole rings is 1. The van der Waals surface area contributed by atoms with Crippen LogP contribution < -0.4 is 0 Å². The Morgan fingerprint density at radius 2 is 1.90 bits per heavy atom. The van der Waals surface area contributed by atoms with Gasteiger partial charge in [0.25, 0.3) is 0 Å². The fraction of sp³-hybridized carbons (Fsp3) is 0.235. The lowest BCUT2D eigenvalue weighted by atomic mass is 10.2. The van der Waals surface area contributed by atoms with Crippen LogP contribution >= 0.6 is 0 Å². The van der Waals surface area contributed by atoms with Crippen LogP contribution in [0.2, 0.25) is 0 Å². The molecule has 3 heteroatoms. The number of aromatic nitrogens is 2. The number of fused-ring (bicyclic) bond motifs is 1. The number of aliphatic hydroxyl groups excluding tert-OH is 1. The van der Waals surface area contributed by atoms with Crippen LogP contribution in [0, 0.1) is 0 Å². The minimum Gasteiger partial charge on any atom is -0.392 e. The zero-order valence-electron chi connectivity index (χ0n) is 11.6. The van der Waals surface area contributed by atoms with Crippen LogP contribution in [0.25, 0.3) is 22.4 Å². The first-order valence-electron chi connectivity index (χ1n) is 6.99. The number of hydrogen-bond donors (Lipinski definition) is 1. The molecule has 1 N–H and O–H groups in total. The molecule has 0 aliphatic carbocycles. The van der Waals surface area contributed by atoms with Crippen LogP contribution in [-0.2, 0) is 13.2 Å². The van der Waals surface area contributed by atoms with E-state index >= 15 is 0 Å². The molecular formula is C17H18N2O. The standard InChI is InChI=1S/C17H18N2O/c1-2-10-19-16-9-8-13(12-20)11-15(16)18-17(19)14-6-4-3-5-7-14/h3-9,11,20H,2,10,12H2,1H3. The Labute approximate surface area is 118 Å². The van der Waals surface area contributed by atoms with Crippen LogP contribution in [0.3, 0.4) is 0 Å². The third-order valence-electron chi connectivity index (χ3n) is 3.47. The van der Waals surface area contributed by atoms with Crippen molar-refractivity contribution in [3.63, 3.8) is 0 Å². The van der Waals surface area contributed by atoms with Crippen molar-refractivity contribution in [1.29, 1.82) is 0 Å². The van der Waals surface area contributed by atoms with Crippen LogP contribution in [0.15, 0.2) is 48.5 Å². The Balaban J connectivity index is 2.22. The third kappa shape index (κ3) is 2.21. The van der Waals surface area contributed by atoms with Gasteiger partial charge < -0.3 is 9.67 Å². The summed E-state index contributed by atoms with van der Waals surface area (Å²) in [6, 6.07) is 16.2. The van der Waals surface area contributed by atoms with Crippen LogP contribution in [0.5, 0.6) is 0 Å². The van der Waals surface area contributed by atoms with E-state index in [1.54, 1.807) is 0 Å². The van der Waals surface area contributed by atoms with Crippen molar-refractivity contribution in [2.75, 3.05) is 0 Å². The second-order valence-corrected chi connectivity index (χ2v) is 4.93. The maximum absolute atomic E-state index is 9.26. The molecular weight excluding hydrogens is 248 g/mol. The van der Waals surface area contributed by atoms with Gasteiger partial charge in [0, 0.05) is 12.1 Å². The predicted molar refractivity (Wildman–Crippen MR) is 81.4 cm³/mol. The number of nitrogens with zero attached hydrogens (tertiary/aromatic N) is 2. The third-order valence-corrected chi connectivity index (χ3v) is 3.47. The second-order valence-electron chi connectivity index (χ2n) is 4.93. The summed E-state index contributed by atoms with van der Waals surface area (Å²) in [6.45, 7) is 3.17. The topological polar surface area (TPSA) is 38.0 Å². The van der Waals surface area contributed by atoms with E-state index in [1.807, 2.05) is 30.3 Å². The number of aliphatic hydroxyl groups is 1. The number of aryl methyl sites for hydroxylation is 1. The minimum absolute atomic E-state index is 0.0528. The van der Waals surface area contributed by atoms with Gasteiger partial charge in [-0.2, -0.15) is 0 Å². The summed E-state index contributed by atoms with van der Waals surface area (Å²) in [5.41, 5.74) is 4.10.